The number of benzene rings is 2. The minimum atomic E-state index is -0.327. The van der Waals surface area contributed by atoms with Gasteiger partial charge in [0.25, 0.3) is 0 Å². The van der Waals surface area contributed by atoms with E-state index in [-0.39, 0.29) is 17.9 Å². The van der Waals surface area contributed by atoms with E-state index in [9.17, 15) is 4.79 Å². The molecule has 2 aliphatic rings. The Morgan fingerprint density at radius 3 is 2.68 bits per heavy atom. The zero-order chi connectivity index (χ0) is 17.6. The van der Waals surface area contributed by atoms with Crippen molar-refractivity contribution in [3.05, 3.63) is 75.3 Å². The number of methoxy groups -OCH3 is 1. The number of allylic oxidation sites excluding steroid dienone is 2. The standard InChI is InChI=1S/C20H17Cl2NO2/c1-25-20(24)12-7-5-11(6-8-12)18-15-4-2-3-14(15)16-9-13(21)10-17(22)19(16)23-18/h2-3,5-10,14-15,18,23H,4H2,1H3/t14-,15+,18+/m0/s1. The Hall–Kier alpha value is -1.97. The monoisotopic (exact) mass is 373 g/mol. The quantitative estimate of drug-likeness (QED) is 0.549. The first-order chi connectivity index (χ1) is 12.1. The van der Waals surface area contributed by atoms with Crippen molar-refractivity contribution in [1.29, 1.82) is 0 Å². The van der Waals surface area contributed by atoms with Gasteiger partial charge in [0.15, 0.2) is 0 Å². The van der Waals surface area contributed by atoms with Gasteiger partial charge in [-0.15, -0.1) is 0 Å². The van der Waals surface area contributed by atoms with E-state index >= 15 is 0 Å². The molecule has 0 amide bonds. The fourth-order valence-electron chi connectivity index (χ4n) is 3.90. The molecule has 0 radical (unpaired) electrons. The van der Waals surface area contributed by atoms with E-state index < -0.39 is 0 Å². The number of fused-ring (bicyclic) bond motifs is 3. The molecule has 0 saturated carbocycles. The molecule has 0 saturated heterocycles. The molecule has 0 aromatic heterocycles. The Kier molecular flexibility index (Phi) is 4.22. The first-order valence-electron chi connectivity index (χ1n) is 8.19. The fourth-order valence-corrected chi connectivity index (χ4v) is 4.46. The molecule has 0 spiro atoms. The van der Waals surface area contributed by atoms with E-state index in [4.69, 9.17) is 27.9 Å². The van der Waals surface area contributed by atoms with E-state index in [0.717, 1.165) is 23.2 Å². The van der Waals surface area contributed by atoms with Crippen molar-refractivity contribution < 1.29 is 9.53 Å². The number of ether oxygens (including phenoxy) is 1. The molecule has 4 rings (SSSR count). The highest BCUT2D eigenvalue weighted by molar-refractivity contribution is 6.36. The summed E-state index contributed by atoms with van der Waals surface area (Å²) in [4.78, 5) is 11.6. The van der Waals surface area contributed by atoms with Gasteiger partial charge in [-0.2, -0.15) is 0 Å². The number of carbonyl (C=O) groups excluding carboxylic acids is 1. The molecular formula is C20H17Cl2NO2. The smallest absolute Gasteiger partial charge is 0.337 e. The van der Waals surface area contributed by atoms with Crippen molar-refractivity contribution in [2.45, 2.75) is 18.4 Å². The van der Waals surface area contributed by atoms with Crippen molar-refractivity contribution in [1.82, 2.24) is 0 Å². The third-order valence-corrected chi connectivity index (χ3v) is 5.59. The Morgan fingerprint density at radius 2 is 1.96 bits per heavy atom. The summed E-state index contributed by atoms with van der Waals surface area (Å²) in [6.07, 6.45) is 5.45. The number of anilines is 1. The lowest BCUT2D eigenvalue weighted by atomic mass is 9.77. The summed E-state index contributed by atoms with van der Waals surface area (Å²) in [5.74, 6) is 0.357. The summed E-state index contributed by atoms with van der Waals surface area (Å²) in [5, 5.41) is 4.89. The average molecular weight is 374 g/mol. The average Bonchev–Trinajstić information content (AvgIpc) is 3.11. The van der Waals surface area contributed by atoms with E-state index in [0.29, 0.717) is 21.5 Å². The molecule has 3 atom stereocenters. The Bertz CT molecular complexity index is 861. The summed E-state index contributed by atoms with van der Waals surface area (Å²) in [7, 11) is 1.39. The number of halogens is 2. The van der Waals surface area contributed by atoms with Gasteiger partial charge in [-0.25, -0.2) is 4.79 Å². The maximum Gasteiger partial charge on any atom is 0.337 e. The first-order valence-corrected chi connectivity index (χ1v) is 8.94. The zero-order valence-corrected chi connectivity index (χ0v) is 15.1. The predicted molar refractivity (Wildman–Crippen MR) is 101 cm³/mol. The van der Waals surface area contributed by atoms with E-state index in [1.807, 2.05) is 18.2 Å². The van der Waals surface area contributed by atoms with Gasteiger partial charge in [-0.05, 0) is 47.7 Å². The van der Waals surface area contributed by atoms with Crippen LogP contribution in [-0.2, 0) is 4.74 Å². The van der Waals surface area contributed by atoms with Crippen molar-refractivity contribution in [2.75, 3.05) is 12.4 Å². The highest BCUT2D eigenvalue weighted by Crippen LogP contribution is 2.52. The summed E-state index contributed by atoms with van der Waals surface area (Å²) in [6, 6.07) is 11.5. The van der Waals surface area contributed by atoms with E-state index in [1.165, 1.54) is 7.11 Å². The number of rotatable bonds is 2. The van der Waals surface area contributed by atoms with Gasteiger partial charge in [-0.3, -0.25) is 0 Å². The van der Waals surface area contributed by atoms with Crippen LogP contribution in [0.2, 0.25) is 10.0 Å². The summed E-state index contributed by atoms with van der Waals surface area (Å²) in [5.41, 5.74) is 3.77. The minimum absolute atomic E-state index is 0.123. The molecule has 2 aromatic rings. The lowest BCUT2D eigenvalue weighted by Gasteiger charge is -2.38. The highest BCUT2D eigenvalue weighted by atomic mass is 35.5. The summed E-state index contributed by atoms with van der Waals surface area (Å²) >= 11 is 12.7. The highest BCUT2D eigenvalue weighted by Gasteiger charge is 2.38. The topological polar surface area (TPSA) is 38.3 Å². The van der Waals surface area contributed by atoms with Crippen LogP contribution < -0.4 is 5.32 Å². The predicted octanol–water partition coefficient (Wildman–Crippen LogP) is 5.61. The van der Waals surface area contributed by atoms with Crippen molar-refractivity contribution in [2.24, 2.45) is 5.92 Å². The molecule has 5 heteroatoms. The molecule has 0 bridgehead atoms. The number of esters is 1. The molecule has 3 nitrogen and oxygen atoms in total. The lowest BCUT2D eigenvalue weighted by Crippen LogP contribution is -2.29. The van der Waals surface area contributed by atoms with Crippen LogP contribution in [0.4, 0.5) is 5.69 Å². The second-order valence-corrected chi connectivity index (χ2v) is 7.28. The molecule has 0 fully saturated rings. The van der Waals surface area contributed by atoms with E-state index in [2.05, 4.69) is 17.5 Å². The Labute approximate surface area is 156 Å². The van der Waals surface area contributed by atoms with Gasteiger partial charge in [0.05, 0.1) is 29.4 Å². The van der Waals surface area contributed by atoms with Crippen LogP contribution in [0.25, 0.3) is 0 Å². The number of hydrogen-bond acceptors (Lipinski definition) is 3. The Balaban J connectivity index is 1.73. The van der Waals surface area contributed by atoms with E-state index in [1.54, 1.807) is 18.2 Å². The Morgan fingerprint density at radius 1 is 1.20 bits per heavy atom. The largest absolute Gasteiger partial charge is 0.465 e. The number of nitrogens with one attached hydrogen (secondary N) is 1. The molecule has 1 heterocycles. The summed E-state index contributed by atoms with van der Waals surface area (Å²) in [6.45, 7) is 0. The molecular weight excluding hydrogens is 357 g/mol. The molecule has 1 N–H and O–H groups in total. The third-order valence-electron chi connectivity index (χ3n) is 5.08. The van der Waals surface area contributed by atoms with Gasteiger partial charge in [0, 0.05) is 10.9 Å². The van der Waals surface area contributed by atoms with Crippen LogP contribution >= 0.6 is 23.2 Å². The number of hydrogen-bond donors (Lipinski definition) is 1. The lowest BCUT2D eigenvalue weighted by molar-refractivity contribution is 0.0600. The first kappa shape index (κ1) is 16.5. The minimum Gasteiger partial charge on any atom is -0.465 e. The van der Waals surface area contributed by atoms with Crippen LogP contribution in [0, 0.1) is 5.92 Å². The van der Waals surface area contributed by atoms with Crippen LogP contribution in [0.1, 0.15) is 39.9 Å². The third kappa shape index (κ3) is 2.82. The van der Waals surface area contributed by atoms with Crippen LogP contribution in [0.15, 0.2) is 48.6 Å². The fraction of sp³-hybridized carbons (Fsp3) is 0.250. The number of carbonyl (C=O) groups is 1. The van der Waals surface area contributed by atoms with Crippen LogP contribution in [0.3, 0.4) is 0 Å². The summed E-state index contributed by atoms with van der Waals surface area (Å²) < 4.78 is 4.77. The second-order valence-electron chi connectivity index (χ2n) is 6.44. The normalized spacial score (nSPS) is 23.6. The zero-order valence-electron chi connectivity index (χ0n) is 13.6. The molecule has 0 unspecified atom stereocenters. The van der Waals surface area contributed by atoms with Gasteiger partial charge in [0.2, 0.25) is 0 Å². The van der Waals surface area contributed by atoms with Crippen molar-refractivity contribution >= 4 is 34.9 Å². The molecule has 1 aliphatic heterocycles. The SMILES string of the molecule is COC(=O)c1ccc([C@H]2Nc3c(Cl)cc(Cl)cc3[C@H]3C=CC[C@H]32)cc1. The van der Waals surface area contributed by atoms with Crippen molar-refractivity contribution in [3.8, 4) is 0 Å². The van der Waals surface area contributed by atoms with Gasteiger partial charge >= 0.3 is 5.97 Å². The molecule has 25 heavy (non-hydrogen) atoms. The van der Waals surface area contributed by atoms with Gasteiger partial charge < -0.3 is 10.1 Å². The second kappa shape index (κ2) is 6.40. The van der Waals surface area contributed by atoms with Crippen molar-refractivity contribution in [3.63, 3.8) is 0 Å². The van der Waals surface area contributed by atoms with Crippen LogP contribution in [-0.4, -0.2) is 13.1 Å². The molecule has 1 aliphatic carbocycles. The van der Waals surface area contributed by atoms with Crippen LogP contribution in [0.5, 0.6) is 0 Å². The maximum absolute atomic E-state index is 11.6. The van der Waals surface area contributed by atoms with Gasteiger partial charge in [0.1, 0.15) is 0 Å². The van der Waals surface area contributed by atoms with Gasteiger partial charge in [-0.1, -0.05) is 47.5 Å². The maximum atomic E-state index is 11.6. The molecule has 2 aromatic carbocycles. The molecule has 128 valence electrons.